The average Bonchev–Trinajstić information content (AvgIpc) is 3.68. The molecule has 3 aliphatic heterocycles. The van der Waals surface area contributed by atoms with Crippen molar-refractivity contribution in [3.05, 3.63) is 49.3 Å². The highest BCUT2D eigenvalue weighted by molar-refractivity contribution is 5.92. The molecule has 3 aromatic rings. The Morgan fingerprint density at radius 1 is 1.07 bits per heavy atom. The Morgan fingerprint density at radius 2 is 1.81 bits per heavy atom. The van der Waals surface area contributed by atoms with Crippen molar-refractivity contribution < 1.29 is 22.7 Å². The van der Waals surface area contributed by atoms with Crippen molar-refractivity contribution >= 4 is 28.4 Å². The van der Waals surface area contributed by atoms with Gasteiger partial charge in [-0.05, 0) is 55.6 Å². The molecule has 2 N–H and O–H groups in total. The summed E-state index contributed by atoms with van der Waals surface area (Å²) in [5.41, 5.74) is 2.82. The number of piperidine rings is 1. The summed E-state index contributed by atoms with van der Waals surface area (Å²) in [5.74, 6) is 0.206. The van der Waals surface area contributed by atoms with Crippen LogP contribution in [-0.4, -0.2) is 101 Å². The fraction of sp³-hybridized carbons (Fsp3) is 0.500. The Bertz CT molecular complexity index is 1400. The van der Waals surface area contributed by atoms with Crippen LogP contribution in [0.25, 0.3) is 22.3 Å². The lowest BCUT2D eigenvalue weighted by Gasteiger charge is -2.37. The van der Waals surface area contributed by atoms with E-state index < -0.39 is 18.1 Å². The molecule has 2 atom stereocenters. The van der Waals surface area contributed by atoms with Crippen LogP contribution < -0.4 is 10.2 Å². The van der Waals surface area contributed by atoms with E-state index in [1.807, 2.05) is 18.2 Å². The molecular weight excluding hydrogens is 547 g/mol. The second kappa shape index (κ2) is 11.9. The van der Waals surface area contributed by atoms with E-state index in [1.54, 1.807) is 17.0 Å². The maximum Gasteiger partial charge on any atom is 0.408 e. The van der Waals surface area contributed by atoms with Gasteiger partial charge in [0.25, 0.3) is 0 Å². The van der Waals surface area contributed by atoms with Gasteiger partial charge in [0.15, 0.2) is 0 Å². The van der Waals surface area contributed by atoms with E-state index >= 15 is 0 Å². The number of benzene rings is 1. The zero-order chi connectivity index (χ0) is 29.3. The number of hydrogen-bond donors (Lipinski definition) is 2. The van der Waals surface area contributed by atoms with E-state index in [2.05, 4.69) is 36.6 Å². The van der Waals surface area contributed by atoms with Crippen molar-refractivity contribution in [2.45, 2.75) is 37.5 Å². The largest absolute Gasteiger partial charge is 0.408 e. The number of likely N-dealkylation sites (tertiary alicyclic amines) is 2. The molecule has 42 heavy (non-hydrogen) atoms. The zero-order valence-corrected chi connectivity index (χ0v) is 23.4. The second-order valence-electron chi connectivity index (χ2n) is 11.3. The number of morpholine rings is 1. The van der Waals surface area contributed by atoms with Crippen LogP contribution in [0, 0.1) is 5.92 Å². The highest BCUT2D eigenvalue weighted by Crippen LogP contribution is 2.36. The summed E-state index contributed by atoms with van der Waals surface area (Å²) in [6.45, 7) is 8.58. The monoisotopic (exact) mass is 583 g/mol. The molecule has 2 aromatic heterocycles. The Balaban J connectivity index is 1.12. The Morgan fingerprint density at radius 3 is 2.50 bits per heavy atom. The van der Waals surface area contributed by atoms with E-state index in [4.69, 9.17) is 4.74 Å². The molecule has 0 aliphatic carbocycles. The third-order valence-electron chi connectivity index (χ3n) is 8.78. The van der Waals surface area contributed by atoms with Gasteiger partial charge in [0.2, 0.25) is 5.91 Å². The number of H-pyrrole nitrogens is 1. The van der Waals surface area contributed by atoms with Crippen LogP contribution in [0.1, 0.15) is 19.3 Å². The zero-order valence-electron chi connectivity index (χ0n) is 23.4. The Hall–Kier alpha value is -3.64. The number of anilines is 2. The van der Waals surface area contributed by atoms with Gasteiger partial charge in [-0.3, -0.25) is 9.69 Å². The summed E-state index contributed by atoms with van der Waals surface area (Å²) < 4.78 is 48.3. The van der Waals surface area contributed by atoms with Crippen molar-refractivity contribution in [1.29, 1.82) is 0 Å². The van der Waals surface area contributed by atoms with Crippen LogP contribution in [0.15, 0.2) is 49.3 Å². The van der Waals surface area contributed by atoms with Gasteiger partial charge in [-0.1, -0.05) is 18.7 Å². The second-order valence-corrected chi connectivity index (χ2v) is 11.3. The van der Waals surface area contributed by atoms with Crippen LogP contribution in [0.2, 0.25) is 0 Å². The van der Waals surface area contributed by atoms with E-state index in [0.717, 1.165) is 48.4 Å². The number of aromatic amines is 1. The minimum Gasteiger partial charge on any atom is -0.378 e. The number of rotatable bonds is 7. The standard InChI is InChI=1S/C30H36F3N7O2/c1-2-26(41)38-11-8-23(9-12-38)40-10-7-21(18-40)27(30(31,32)33)36-22-5-3-20(4-6-22)25-17-24-28(37-25)34-19-35-29(24)39-13-15-42-16-14-39/h2-6,17,19,21,23,27,36H,1,7-16,18H2,(H,34,35,37)/t21-,27-/m1/s1. The lowest BCUT2D eigenvalue weighted by molar-refractivity contribution is -0.152. The van der Waals surface area contributed by atoms with Crippen LogP contribution >= 0.6 is 0 Å². The third kappa shape index (κ3) is 5.96. The third-order valence-corrected chi connectivity index (χ3v) is 8.78. The molecule has 5 heterocycles. The summed E-state index contributed by atoms with van der Waals surface area (Å²) in [4.78, 5) is 30.2. The topological polar surface area (TPSA) is 89.6 Å². The first-order valence-corrected chi connectivity index (χ1v) is 14.6. The van der Waals surface area contributed by atoms with Gasteiger partial charge >= 0.3 is 6.18 Å². The molecule has 0 bridgehead atoms. The van der Waals surface area contributed by atoms with Crippen molar-refractivity contribution in [2.75, 3.05) is 62.7 Å². The normalized spacial score (nSPS) is 21.5. The number of fused-ring (bicyclic) bond motifs is 1. The Kier molecular flexibility index (Phi) is 8.09. The molecule has 1 aromatic carbocycles. The van der Waals surface area contributed by atoms with Gasteiger partial charge in [-0.2, -0.15) is 13.2 Å². The van der Waals surface area contributed by atoms with Gasteiger partial charge in [0.1, 0.15) is 23.8 Å². The number of nitrogens with one attached hydrogen (secondary N) is 2. The van der Waals surface area contributed by atoms with Crippen molar-refractivity contribution in [3.63, 3.8) is 0 Å². The summed E-state index contributed by atoms with van der Waals surface area (Å²) >= 11 is 0. The highest BCUT2D eigenvalue weighted by Gasteiger charge is 2.47. The molecule has 6 rings (SSSR count). The summed E-state index contributed by atoms with van der Waals surface area (Å²) in [6.07, 6.45) is 0.480. The van der Waals surface area contributed by atoms with Crippen LogP contribution in [0.4, 0.5) is 24.7 Å². The van der Waals surface area contributed by atoms with Crippen LogP contribution in [0.3, 0.4) is 0 Å². The molecule has 3 saturated heterocycles. The van der Waals surface area contributed by atoms with Gasteiger partial charge < -0.3 is 24.8 Å². The van der Waals surface area contributed by atoms with Crippen LogP contribution in [-0.2, 0) is 9.53 Å². The van der Waals surface area contributed by atoms with Gasteiger partial charge in [-0.15, -0.1) is 0 Å². The van der Waals surface area contributed by atoms with Crippen LogP contribution in [0.5, 0.6) is 0 Å². The predicted octanol–water partition coefficient (Wildman–Crippen LogP) is 4.30. The molecule has 0 spiro atoms. The number of nitrogens with zero attached hydrogens (tertiary/aromatic N) is 5. The van der Waals surface area contributed by atoms with E-state index in [0.29, 0.717) is 57.1 Å². The van der Waals surface area contributed by atoms with E-state index in [9.17, 15) is 18.0 Å². The number of ether oxygens (including phenoxy) is 1. The first-order chi connectivity index (χ1) is 20.3. The number of aromatic nitrogens is 3. The lowest BCUT2D eigenvalue weighted by Crippen LogP contribution is -2.47. The van der Waals surface area contributed by atoms with Gasteiger partial charge in [-0.25, -0.2) is 9.97 Å². The molecule has 0 unspecified atom stereocenters. The first kappa shape index (κ1) is 28.5. The summed E-state index contributed by atoms with van der Waals surface area (Å²) in [7, 11) is 0. The smallest absolute Gasteiger partial charge is 0.378 e. The van der Waals surface area contributed by atoms with E-state index in [1.165, 1.54) is 12.4 Å². The number of alkyl halides is 3. The SMILES string of the molecule is C=CC(=O)N1CCC(N2CC[C@@H]([C@@H](Nc3ccc(-c4cc5c(N6CCOCC6)ncnc5[nH]4)cc3)C(F)(F)F)C2)CC1. The van der Waals surface area contributed by atoms with Gasteiger partial charge in [0.05, 0.1) is 18.6 Å². The predicted molar refractivity (Wildman–Crippen MR) is 155 cm³/mol. The number of carbonyl (C=O) groups excluding carboxylic acids is 1. The minimum absolute atomic E-state index is 0.0870. The molecular formula is C30H36F3N7O2. The fourth-order valence-electron chi connectivity index (χ4n) is 6.50. The Labute approximate surface area is 242 Å². The highest BCUT2D eigenvalue weighted by atomic mass is 19.4. The van der Waals surface area contributed by atoms with Crippen molar-refractivity contribution in [3.8, 4) is 11.3 Å². The summed E-state index contributed by atoms with van der Waals surface area (Å²) in [6, 6.07) is 7.59. The molecule has 9 nitrogen and oxygen atoms in total. The molecule has 224 valence electrons. The number of hydrogen-bond acceptors (Lipinski definition) is 7. The van der Waals surface area contributed by atoms with Gasteiger partial charge in [0, 0.05) is 56.1 Å². The molecule has 1 amide bonds. The number of amides is 1. The first-order valence-electron chi connectivity index (χ1n) is 14.6. The van der Waals surface area contributed by atoms with Crippen molar-refractivity contribution in [1.82, 2.24) is 24.8 Å². The number of carbonyl (C=O) groups is 1. The number of halogens is 3. The lowest BCUT2D eigenvalue weighted by atomic mass is 9.97. The minimum atomic E-state index is -4.38. The summed E-state index contributed by atoms with van der Waals surface area (Å²) in [5, 5.41) is 3.71. The van der Waals surface area contributed by atoms with Crippen molar-refractivity contribution in [2.24, 2.45) is 5.92 Å². The average molecular weight is 584 g/mol. The molecule has 3 aliphatic rings. The quantitative estimate of drug-likeness (QED) is 0.401. The molecule has 0 saturated carbocycles. The molecule has 12 heteroatoms. The van der Waals surface area contributed by atoms with E-state index in [-0.39, 0.29) is 11.9 Å². The molecule has 3 fully saturated rings. The maximum atomic E-state index is 14.3. The molecule has 0 radical (unpaired) electrons. The fourth-order valence-corrected chi connectivity index (χ4v) is 6.50. The maximum absolute atomic E-state index is 14.3.